The first kappa shape index (κ1) is 11.1. The molecule has 2 N–H and O–H groups in total. The number of rotatable bonds is 2. The molecule has 0 radical (unpaired) electrons. The Kier molecular flexibility index (Phi) is 3.78. The van der Waals surface area contributed by atoms with Gasteiger partial charge in [-0.25, -0.2) is 0 Å². The molecule has 0 spiro atoms. The quantitative estimate of drug-likeness (QED) is 0.865. The molecule has 1 aromatic rings. The van der Waals surface area contributed by atoms with E-state index in [1.807, 2.05) is 24.3 Å². The first-order valence-electron chi connectivity index (χ1n) is 5.41. The van der Waals surface area contributed by atoms with E-state index in [4.69, 9.17) is 0 Å². The molecule has 1 heterocycles. The lowest BCUT2D eigenvalue weighted by molar-refractivity contribution is 0.0889. The fourth-order valence-electron chi connectivity index (χ4n) is 2.12. The highest BCUT2D eigenvalue weighted by Gasteiger charge is 2.22. The lowest BCUT2D eigenvalue weighted by atomic mass is 9.88. The van der Waals surface area contributed by atoms with Gasteiger partial charge in [-0.15, -0.1) is 0 Å². The monoisotopic (exact) mass is 269 g/mol. The second-order valence-corrected chi connectivity index (χ2v) is 5.00. The smallest absolute Gasteiger partial charge is 0.0819 e. The zero-order valence-electron chi connectivity index (χ0n) is 8.62. The second kappa shape index (κ2) is 5.10. The summed E-state index contributed by atoms with van der Waals surface area (Å²) >= 11 is 3.43. The highest BCUT2D eigenvalue weighted by atomic mass is 79.9. The van der Waals surface area contributed by atoms with Gasteiger partial charge in [-0.05, 0) is 49.5 Å². The summed E-state index contributed by atoms with van der Waals surface area (Å²) in [6.07, 6.45) is 1.81. The van der Waals surface area contributed by atoms with E-state index in [9.17, 15) is 5.11 Å². The molecule has 0 aromatic heterocycles. The Bertz CT molecular complexity index is 323. The number of hydrogen-bond donors (Lipinski definition) is 2. The third-order valence-electron chi connectivity index (χ3n) is 3.02. The fraction of sp³-hybridized carbons (Fsp3) is 0.500. The molecule has 15 heavy (non-hydrogen) atoms. The van der Waals surface area contributed by atoms with Gasteiger partial charge in [0, 0.05) is 4.47 Å². The van der Waals surface area contributed by atoms with E-state index in [0.29, 0.717) is 5.92 Å². The number of benzene rings is 1. The van der Waals surface area contributed by atoms with Crippen molar-refractivity contribution in [3.8, 4) is 0 Å². The Morgan fingerprint density at radius 3 is 2.73 bits per heavy atom. The van der Waals surface area contributed by atoms with Crippen LogP contribution in [0.15, 0.2) is 28.7 Å². The van der Waals surface area contributed by atoms with Crippen LogP contribution in [0.3, 0.4) is 0 Å². The molecule has 82 valence electrons. The van der Waals surface area contributed by atoms with Crippen molar-refractivity contribution in [3.63, 3.8) is 0 Å². The van der Waals surface area contributed by atoms with Gasteiger partial charge in [-0.1, -0.05) is 28.1 Å². The molecule has 1 aromatic carbocycles. The Labute approximate surface area is 98.8 Å². The topological polar surface area (TPSA) is 32.3 Å². The van der Waals surface area contributed by atoms with Crippen molar-refractivity contribution in [1.82, 2.24) is 5.32 Å². The van der Waals surface area contributed by atoms with Crippen LogP contribution in [-0.2, 0) is 0 Å². The molecule has 0 bridgehead atoms. The molecule has 1 fully saturated rings. The van der Waals surface area contributed by atoms with Crippen LogP contribution in [0.2, 0.25) is 0 Å². The number of halogens is 1. The highest BCUT2D eigenvalue weighted by Crippen LogP contribution is 2.29. The van der Waals surface area contributed by atoms with Crippen molar-refractivity contribution in [1.29, 1.82) is 0 Å². The Balaban J connectivity index is 2.08. The van der Waals surface area contributed by atoms with Gasteiger partial charge in [0.1, 0.15) is 0 Å². The molecule has 1 unspecified atom stereocenters. The summed E-state index contributed by atoms with van der Waals surface area (Å²) in [4.78, 5) is 0. The molecule has 1 aliphatic heterocycles. The molecule has 1 atom stereocenters. The summed E-state index contributed by atoms with van der Waals surface area (Å²) < 4.78 is 1.04. The van der Waals surface area contributed by atoms with Gasteiger partial charge in [0.2, 0.25) is 0 Å². The average Bonchev–Trinajstić information content (AvgIpc) is 2.29. The van der Waals surface area contributed by atoms with Crippen LogP contribution in [0.25, 0.3) is 0 Å². The van der Waals surface area contributed by atoms with Gasteiger partial charge in [0.15, 0.2) is 0 Å². The van der Waals surface area contributed by atoms with Crippen molar-refractivity contribution >= 4 is 15.9 Å². The molecule has 3 heteroatoms. The minimum absolute atomic E-state index is 0.315. The van der Waals surface area contributed by atoms with Crippen LogP contribution < -0.4 is 5.32 Å². The van der Waals surface area contributed by atoms with E-state index in [1.54, 1.807) is 0 Å². The Morgan fingerprint density at radius 2 is 2.07 bits per heavy atom. The summed E-state index contributed by atoms with van der Waals surface area (Å²) in [7, 11) is 0. The number of nitrogens with one attached hydrogen (secondary N) is 1. The molecule has 2 rings (SSSR count). The van der Waals surface area contributed by atoms with E-state index < -0.39 is 0 Å². The van der Waals surface area contributed by atoms with Crippen molar-refractivity contribution < 1.29 is 5.11 Å². The predicted molar refractivity (Wildman–Crippen MR) is 64.7 cm³/mol. The van der Waals surface area contributed by atoms with Gasteiger partial charge < -0.3 is 10.4 Å². The second-order valence-electron chi connectivity index (χ2n) is 4.09. The van der Waals surface area contributed by atoms with Crippen LogP contribution in [-0.4, -0.2) is 18.2 Å². The SMILES string of the molecule is OC(c1cccc(Br)c1)C1CCNCC1. The third kappa shape index (κ3) is 2.80. The van der Waals surface area contributed by atoms with Gasteiger partial charge in [-0.3, -0.25) is 0 Å². The molecule has 0 saturated carbocycles. The first-order chi connectivity index (χ1) is 7.27. The molecular formula is C12H16BrNO. The summed E-state index contributed by atoms with van der Waals surface area (Å²) in [5.74, 6) is 0.403. The molecule has 0 amide bonds. The third-order valence-corrected chi connectivity index (χ3v) is 3.51. The van der Waals surface area contributed by atoms with Crippen molar-refractivity contribution in [2.45, 2.75) is 18.9 Å². The number of hydrogen-bond acceptors (Lipinski definition) is 2. The fourth-order valence-corrected chi connectivity index (χ4v) is 2.54. The lowest BCUT2D eigenvalue weighted by Gasteiger charge is -2.27. The van der Waals surface area contributed by atoms with Crippen LogP contribution in [0, 0.1) is 5.92 Å². The molecular weight excluding hydrogens is 254 g/mol. The van der Waals surface area contributed by atoms with E-state index >= 15 is 0 Å². The van der Waals surface area contributed by atoms with E-state index in [1.165, 1.54) is 0 Å². The molecule has 2 nitrogen and oxygen atoms in total. The van der Waals surface area contributed by atoms with Gasteiger partial charge in [0.25, 0.3) is 0 Å². The van der Waals surface area contributed by atoms with Crippen LogP contribution in [0.1, 0.15) is 24.5 Å². The average molecular weight is 270 g/mol. The molecule has 1 aliphatic rings. The van der Waals surface area contributed by atoms with E-state index in [0.717, 1.165) is 36.0 Å². The Hall–Kier alpha value is -0.380. The van der Waals surface area contributed by atoms with Crippen molar-refractivity contribution in [2.75, 3.05) is 13.1 Å². The summed E-state index contributed by atoms with van der Waals surface area (Å²) in [5.41, 5.74) is 1.02. The first-order valence-corrected chi connectivity index (χ1v) is 6.21. The maximum atomic E-state index is 10.2. The number of aliphatic hydroxyl groups excluding tert-OH is 1. The van der Waals surface area contributed by atoms with Crippen LogP contribution >= 0.6 is 15.9 Å². The normalized spacial score (nSPS) is 20.1. The highest BCUT2D eigenvalue weighted by molar-refractivity contribution is 9.10. The maximum Gasteiger partial charge on any atom is 0.0819 e. The number of aliphatic hydroxyl groups is 1. The van der Waals surface area contributed by atoms with Gasteiger partial charge in [0.05, 0.1) is 6.10 Å². The van der Waals surface area contributed by atoms with E-state index in [2.05, 4.69) is 21.2 Å². The number of piperidine rings is 1. The Morgan fingerprint density at radius 1 is 1.33 bits per heavy atom. The van der Waals surface area contributed by atoms with Crippen molar-refractivity contribution in [3.05, 3.63) is 34.3 Å². The van der Waals surface area contributed by atoms with Gasteiger partial charge in [-0.2, -0.15) is 0 Å². The van der Waals surface area contributed by atoms with Crippen LogP contribution in [0.4, 0.5) is 0 Å². The summed E-state index contributed by atoms with van der Waals surface area (Å²) in [6.45, 7) is 2.05. The zero-order chi connectivity index (χ0) is 10.7. The maximum absolute atomic E-state index is 10.2. The van der Waals surface area contributed by atoms with E-state index in [-0.39, 0.29) is 6.10 Å². The standard InChI is InChI=1S/C12H16BrNO/c13-11-3-1-2-10(8-11)12(15)9-4-6-14-7-5-9/h1-3,8-9,12,14-15H,4-7H2. The predicted octanol–water partition coefficient (Wildman–Crippen LogP) is 2.48. The zero-order valence-corrected chi connectivity index (χ0v) is 10.2. The minimum atomic E-state index is -0.315. The largest absolute Gasteiger partial charge is 0.388 e. The van der Waals surface area contributed by atoms with Crippen molar-refractivity contribution in [2.24, 2.45) is 5.92 Å². The minimum Gasteiger partial charge on any atom is -0.388 e. The summed E-state index contributed by atoms with van der Waals surface area (Å²) in [6, 6.07) is 7.96. The molecule has 0 aliphatic carbocycles. The van der Waals surface area contributed by atoms with Gasteiger partial charge >= 0.3 is 0 Å². The van der Waals surface area contributed by atoms with Crippen LogP contribution in [0.5, 0.6) is 0 Å². The molecule has 1 saturated heterocycles. The lowest BCUT2D eigenvalue weighted by Crippen LogP contribution is -2.30. The summed E-state index contributed by atoms with van der Waals surface area (Å²) in [5, 5.41) is 13.5.